The summed E-state index contributed by atoms with van der Waals surface area (Å²) in [6, 6.07) is 1.39. The molecule has 1 aromatic heterocycles. The molecule has 1 saturated carbocycles. The summed E-state index contributed by atoms with van der Waals surface area (Å²) in [6.45, 7) is 5.00. The number of carboxylic acid groups (broad SMARTS) is 1. The number of hydrogen-bond donors (Lipinski definition) is 3. The molecule has 3 heterocycles. The van der Waals surface area contributed by atoms with Gasteiger partial charge in [0.25, 0.3) is 0 Å². The largest absolute Gasteiger partial charge is 0.479 e. The van der Waals surface area contributed by atoms with E-state index in [9.17, 15) is 37.5 Å². The van der Waals surface area contributed by atoms with Crippen LogP contribution >= 0.6 is 0 Å². The van der Waals surface area contributed by atoms with Gasteiger partial charge in [0.2, 0.25) is 17.6 Å². The van der Waals surface area contributed by atoms with Crippen LogP contribution in [0.25, 0.3) is 11.4 Å². The van der Waals surface area contributed by atoms with Gasteiger partial charge >= 0.3 is 18.2 Å². The molecule has 1 aliphatic carbocycles. The van der Waals surface area contributed by atoms with Crippen LogP contribution in [-0.4, -0.2) is 83.9 Å². The molecular formula is C31H38F3N7O6. The van der Waals surface area contributed by atoms with Crippen LogP contribution < -0.4 is 10.6 Å². The number of hydrogen-bond acceptors (Lipinski definition) is 8. The number of allylic oxidation sites excluding steroid dienone is 1. The lowest BCUT2D eigenvalue weighted by atomic mass is 10.0. The number of carboxylic acids is 1. The monoisotopic (exact) mass is 661 g/mol. The van der Waals surface area contributed by atoms with Crippen molar-refractivity contribution in [2.75, 3.05) is 6.54 Å². The van der Waals surface area contributed by atoms with E-state index < -0.39 is 70.8 Å². The number of carbonyl (C=O) groups excluding carboxylic acids is 3. The van der Waals surface area contributed by atoms with Crippen molar-refractivity contribution >= 4 is 23.9 Å². The number of benzene rings is 1. The third-order valence-electron chi connectivity index (χ3n) is 8.55. The Labute approximate surface area is 268 Å². The minimum Gasteiger partial charge on any atom is -0.479 e. The molecule has 3 amide bonds. The molecule has 0 spiro atoms. The van der Waals surface area contributed by atoms with Gasteiger partial charge in [-0.25, -0.2) is 9.59 Å². The molecule has 2 aromatic rings. The summed E-state index contributed by atoms with van der Waals surface area (Å²) < 4.78 is 44.5. The second kappa shape index (κ2) is 13.0. The van der Waals surface area contributed by atoms with Crippen LogP contribution in [0.1, 0.15) is 77.3 Å². The topological polar surface area (TPSA) is 169 Å². The first-order valence-corrected chi connectivity index (χ1v) is 15.6. The Hall–Kier alpha value is -4.50. The number of ether oxygens (including phenoxy) is 1. The molecule has 2 fully saturated rings. The summed E-state index contributed by atoms with van der Waals surface area (Å²) in [6.07, 6.45) is 1.72. The van der Waals surface area contributed by atoms with Gasteiger partial charge in [-0.05, 0) is 63.8 Å². The maximum absolute atomic E-state index is 14.1. The summed E-state index contributed by atoms with van der Waals surface area (Å²) in [4.78, 5) is 55.5. The molecule has 0 radical (unpaired) electrons. The Morgan fingerprint density at radius 3 is 2.49 bits per heavy atom. The number of nitrogens with one attached hydrogen (secondary N) is 2. The molecular weight excluding hydrogens is 623 g/mol. The number of carbonyl (C=O) groups is 4. The number of alkyl halides is 3. The van der Waals surface area contributed by atoms with Gasteiger partial charge in [-0.3, -0.25) is 9.59 Å². The van der Waals surface area contributed by atoms with Gasteiger partial charge in [-0.15, -0.1) is 10.2 Å². The molecule has 3 aliphatic rings. The number of tetrazole rings is 1. The lowest BCUT2D eigenvalue weighted by molar-refractivity contribution is -0.145. The molecule has 16 heteroatoms. The highest BCUT2D eigenvalue weighted by molar-refractivity contribution is 5.96. The van der Waals surface area contributed by atoms with E-state index in [2.05, 4.69) is 26.0 Å². The van der Waals surface area contributed by atoms with Crippen LogP contribution in [0.4, 0.5) is 18.0 Å². The van der Waals surface area contributed by atoms with Gasteiger partial charge in [0, 0.05) is 24.4 Å². The first-order chi connectivity index (χ1) is 22.1. The second-order valence-corrected chi connectivity index (χ2v) is 13.2. The fraction of sp³-hybridized carbons (Fsp3) is 0.581. The van der Waals surface area contributed by atoms with Gasteiger partial charge < -0.3 is 25.4 Å². The lowest BCUT2D eigenvalue weighted by Gasteiger charge is -2.30. The first-order valence-electron chi connectivity index (χ1n) is 15.6. The Bertz CT molecular complexity index is 1540. The van der Waals surface area contributed by atoms with Gasteiger partial charge in [0.15, 0.2) is 0 Å². The van der Waals surface area contributed by atoms with Crippen LogP contribution in [0, 0.1) is 5.92 Å². The SMILES string of the molecule is CC(C)(C)OC(=O)NC1CCCCC/C=C\C2CC2(C(=O)O)NC(=O)C2C[C@@H](n3nnc(-c4ccc(C(F)(F)F)cc4)n3)CN2C1=O. The lowest BCUT2D eigenvalue weighted by Crippen LogP contribution is -2.56. The predicted octanol–water partition coefficient (Wildman–Crippen LogP) is 3.87. The number of rotatable bonds is 4. The minimum absolute atomic E-state index is 0.00422. The number of nitrogens with zero attached hydrogens (tertiary/aromatic N) is 5. The average molecular weight is 662 g/mol. The van der Waals surface area contributed by atoms with Crippen molar-refractivity contribution < 1.29 is 42.2 Å². The number of amides is 3. The highest BCUT2D eigenvalue weighted by Crippen LogP contribution is 2.45. The third kappa shape index (κ3) is 7.73. The van der Waals surface area contributed by atoms with Crippen molar-refractivity contribution in [1.82, 2.24) is 35.7 Å². The second-order valence-electron chi connectivity index (χ2n) is 13.2. The van der Waals surface area contributed by atoms with Crippen LogP contribution in [0.5, 0.6) is 0 Å². The van der Waals surface area contributed by atoms with E-state index in [1.165, 1.54) is 21.8 Å². The molecule has 0 bridgehead atoms. The summed E-state index contributed by atoms with van der Waals surface area (Å²) in [7, 11) is 0. The smallest absolute Gasteiger partial charge is 0.416 e. The average Bonchev–Trinajstić information content (AvgIpc) is 3.31. The molecule has 5 atom stereocenters. The van der Waals surface area contributed by atoms with Crippen LogP contribution in [0.2, 0.25) is 0 Å². The van der Waals surface area contributed by atoms with E-state index in [1.807, 2.05) is 12.2 Å². The van der Waals surface area contributed by atoms with Crippen molar-refractivity contribution in [3.05, 3.63) is 42.0 Å². The Kier molecular flexibility index (Phi) is 9.33. The van der Waals surface area contributed by atoms with E-state index in [0.29, 0.717) is 12.8 Å². The highest BCUT2D eigenvalue weighted by Gasteiger charge is 2.61. The van der Waals surface area contributed by atoms with Crippen LogP contribution in [0.15, 0.2) is 36.4 Å². The maximum Gasteiger partial charge on any atom is 0.416 e. The summed E-state index contributed by atoms with van der Waals surface area (Å²) in [5.74, 6) is -2.76. The van der Waals surface area contributed by atoms with E-state index >= 15 is 0 Å². The number of fused-ring (bicyclic) bond motifs is 2. The summed E-state index contributed by atoms with van der Waals surface area (Å²) in [5, 5.41) is 27.8. The molecule has 47 heavy (non-hydrogen) atoms. The molecule has 13 nitrogen and oxygen atoms in total. The molecule has 3 N–H and O–H groups in total. The molecule has 254 valence electrons. The number of alkyl carbamates (subject to hydrolysis) is 1. The Morgan fingerprint density at radius 2 is 1.83 bits per heavy atom. The standard InChI is InChI=1S/C31H38F3N7O6/c1-29(2,3)47-28(46)35-22-10-8-6-4-5-7-9-20-16-30(20,27(44)45)36-25(42)23-15-21(17-40(23)26(22)43)41-38-24(37-39-41)18-11-13-19(14-12-18)31(32,33)34/h7,9,11-14,20-23H,4-6,8,10,15-17H2,1-3H3,(H,35,46)(H,36,42)(H,44,45)/b9-7-/t20?,21-,22?,23?,30?/m1/s1. The zero-order chi connectivity index (χ0) is 34.1. The van der Waals surface area contributed by atoms with Crippen molar-refractivity contribution in [1.29, 1.82) is 0 Å². The van der Waals surface area contributed by atoms with E-state index in [4.69, 9.17) is 4.74 Å². The zero-order valence-electron chi connectivity index (χ0n) is 26.3. The minimum atomic E-state index is -4.51. The zero-order valence-corrected chi connectivity index (χ0v) is 26.3. The van der Waals surface area contributed by atoms with E-state index in [1.54, 1.807) is 20.8 Å². The van der Waals surface area contributed by atoms with Gasteiger partial charge in [0.05, 0.1) is 11.6 Å². The highest BCUT2D eigenvalue weighted by atomic mass is 19.4. The fourth-order valence-electron chi connectivity index (χ4n) is 6.00. The van der Waals surface area contributed by atoms with Crippen LogP contribution in [-0.2, 0) is 25.3 Å². The normalized spacial score (nSPS) is 27.8. The molecule has 2 aliphatic heterocycles. The molecule has 1 aromatic carbocycles. The molecule has 1 saturated heterocycles. The number of halogens is 3. The summed E-state index contributed by atoms with van der Waals surface area (Å²) in [5.41, 5.74) is -2.88. The van der Waals surface area contributed by atoms with Gasteiger partial charge in [-0.2, -0.15) is 18.0 Å². The van der Waals surface area contributed by atoms with Gasteiger partial charge in [-0.1, -0.05) is 37.1 Å². The van der Waals surface area contributed by atoms with E-state index in [-0.39, 0.29) is 37.2 Å². The summed E-state index contributed by atoms with van der Waals surface area (Å²) >= 11 is 0. The van der Waals surface area contributed by atoms with Crippen molar-refractivity contribution in [3.8, 4) is 11.4 Å². The number of aliphatic carboxylic acids is 1. The van der Waals surface area contributed by atoms with Crippen molar-refractivity contribution in [3.63, 3.8) is 0 Å². The Balaban J connectivity index is 1.43. The van der Waals surface area contributed by atoms with E-state index in [0.717, 1.165) is 25.0 Å². The first kappa shape index (κ1) is 33.9. The Morgan fingerprint density at radius 1 is 1.11 bits per heavy atom. The van der Waals surface area contributed by atoms with Gasteiger partial charge in [0.1, 0.15) is 23.2 Å². The fourth-order valence-corrected chi connectivity index (χ4v) is 6.00. The molecule has 5 rings (SSSR count). The third-order valence-corrected chi connectivity index (χ3v) is 8.55. The van der Waals surface area contributed by atoms with Crippen molar-refractivity contribution in [2.24, 2.45) is 5.92 Å². The van der Waals surface area contributed by atoms with Crippen LogP contribution in [0.3, 0.4) is 0 Å². The predicted molar refractivity (Wildman–Crippen MR) is 159 cm³/mol. The quantitative estimate of drug-likeness (QED) is 0.412. The van der Waals surface area contributed by atoms with Crippen molar-refractivity contribution in [2.45, 2.75) is 101 Å². The maximum atomic E-state index is 14.1. The number of aromatic nitrogens is 4. The molecule has 4 unspecified atom stereocenters.